The van der Waals surface area contributed by atoms with Gasteiger partial charge in [0.15, 0.2) is 5.78 Å². The summed E-state index contributed by atoms with van der Waals surface area (Å²) in [6, 6.07) is 0. The first-order chi connectivity index (χ1) is 17.2. The van der Waals surface area contributed by atoms with E-state index >= 15 is 0 Å². The number of fused-ring (bicyclic) bond motifs is 7. The van der Waals surface area contributed by atoms with E-state index < -0.39 is 5.41 Å². The molecule has 0 aromatic heterocycles. The van der Waals surface area contributed by atoms with E-state index in [1.165, 1.54) is 12.7 Å². The van der Waals surface area contributed by atoms with Crippen molar-refractivity contribution < 1.29 is 23.9 Å². The van der Waals surface area contributed by atoms with E-state index in [0.29, 0.717) is 18.8 Å². The minimum absolute atomic E-state index is 0.00120. The second kappa shape index (κ2) is 8.50. The quantitative estimate of drug-likeness (QED) is 0.422. The van der Waals surface area contributed by atoms with Crippen LogP contribution in [0.5, 0.6) is 0 Å². The Morgan fingerprint density at radius 2 is 1.65 bits per heavy atom. The highest BCUT2D eigenvalue weighted by molar-refractivity contribution is 5.96. The number of carbonyl (C=O) groups is 3. The van der Waals surface area contributed by atoms with E-state index in [4.69, 9.17) is 9.47 Å². The minimum atomic E-state index is -0.510. The predicted molar refractivity (Wildman–Crippen MR) is 143 cm³/mol. The van der Waals surface area contributed by atoms with Gasteiger partial charge in [-0.05, 0) is 90.4 Å². The molecule has 4 fully saturated rings. The lowest BCUT2D eigenvalue weighted by atomic mass is 9.35. The van der Waals surface area contributed by atoms with Gasteiger partial charge in [-0.15, -0.1) is 0 Å². The number of allylic oxidation sites excluding steroid dienone is 2. The van der Waals surface area contributed by atoms with Crippen LogP contribution in [0.3, 0.4) is 0 Å². The molecule has 206 valence electrons. The largest absolute Gasteiger partial charge is 0.469 e. The van der Waals surface area contributed by atoms with Crippen molar-refractivity contribution in [3.8, 4) is 0 Å². The first-order valence-electron chi connectivity index (χ1n) is 14.6. The van der Waals surface area contributed by atoms with Crippen LogP contribution >= 0.6 is 0 Å². The van der Waals surface area contributed by atoms with Crippen LogP contribution in [0.2, 0.25) is 0 Å². The number of ketones is 2. The monoisotopic (exact) mass is 512 g/mol. The molecule has 5 aliphatic carbocycles. The predicted octanol–water partition coefficient (Wildman–Crippen LogP) is 6.19. The minimum Gasteiger partial charge on any atom is -0.469 e. The Balaban J connectivity index is 1.60. The molecule has 0 saturated heterocycles. The van der Waals surface area contributed by atoms with Gasteiger partial charge in [0.25, 0.3) is 0 Å². The number of methoxy groups -OCH3 is 2. The fourth-order valence-electron chi connectivity index (χ4n) is 10.9. The number of ether oxygens (including phenoxy) is 2. The van der Waals surface area contributed by atoms with Crippen LogP contribution in [-0.4, -0.2) is 38.4 Å². The van der Waals surface area contributed by atoms with Gasteiger partial charge in [0.05, 0.1) is 25.0 Å². The molecule has 4 saturated carbocycles. The zero-order chi connectivity index (χ0) is 27.2. The van der Waals surface area contributed by atoms with Crippen LogP contribution in [0.15, 0.2) is 11.6 Å². The van der Waals surface area contributed by atoms with Crippen molar-refractivity contribution in [2.75, 3.05) is 20.8 Å². The molecule has 9 atom stereocenters. The molecule has 1 unspecified atom stereocenters. The molecule has 0 radical (unpaired) electrons. The molecule has 5 rings (SSSR count). The molecular formula is C32H48O5. The lowest BCUT2D eigenvalue weighted by Gasteiger charge is -2.68. The maximum Gasteiger partial charge on any atom is 0.308 e. The van der Waals surface area contributed by atoms with Crippen LogP contribution in [0, 0.1) is 56.7 Å². The molecule has 0 aromatic rings. The summed E-state index contributed by atoms with van der Waals surface area (Å²) in [5.74, 6) is 0.876. The zero-order valence-corrected chi connectivity index (χ0v) is 24.4. The van der Waals surface area contributed by atoms with Crippen LogP contribution in [0.25, 0.3) is 0 Å². The average Bonchev–Trinajstić information content (AvgIpc) is 2.82. The lowest BCUT2D eigenvalue weighted by Crippen LogP contribution is -2.65. The fraction of sp³-hybridized carbons (Fsp3) is 0.844. The summed E-state index contributed by atoms with van der Waals surface area (Å²) in [5, 5.41) is 0. The molecule has 0 N–H and O–H groups in total. The van der Waals surface area contributed by atoms with Gasteiger partial charge in [0.1, 0.15) is 5.78 Å². The van der Waals surface area contributed by atoms with Crippen LogP contribution in [0.1, 0.15) is 92.9 Å². The maximum absolute atomic E-state index is 14.3. The molecule has 5 nitrogen and oxygen atoms in total. The number of Topliss-reactive ketones (excluding diaryl/α,β-unsaturated/α-hetero) is 1. The third kappa shape index (κ3) is 3.54. The van der Waals surface area contributed by atoms with E-state index in [0.717, 1.165) is 44.9 Å². The van der Waals surface area contributed by atoms with Crippen molar-refractivity contribution in [1.29, 1.82) is 0 Å². The molecule has 37 heavy (non-hydrogen) atoms. The standard InChI is InChI=1S/C32H48O5/c1-28(2)16-20-19(21(17-28)27(35)37-8)9-13-32(6)26(20)22(33)15-24-29(3)12-11-25(34)30(4,18-36-7)23(29)10-14-31(24,32)5/h15,19-21,23,26H,9-14,16-18H2,1-8H3/t19?,20-,21-,23-,26+,29+,30+,31-,32-/m1/s1. The van der Waals surface area contributed by atoms with E-state index in [1.54, 1.807) is 7.11 Å². The molecule has 0 aromatic carbocycles. The Bertz CT molecular complexity index is 1040. The maximum atomic E-state index is 14.3. The number of esters is 1. The van der Waals surface area contributed by atoms with Crippen molar-refractivity contribution >= 4 is 17.5 Å². The van der Waals surface area contributed by atoms with Gasteiger partial charge >= 0.3 is 5.97 Å². The summed E-state index contributed by atoms with van der Waals surface area (Å²) in [6.45, 7) is 14.2. The molecule has 0 spiro atoms. The van der Waals surface area contributed by atoms with E-state index in [1.807, 2.05) is 6.08 Å². The third-order valence-corrected chi connectivity index (χ3v) is 12.7. The van der Waals surface area contributed by atoms with Crippen LogP contribution in [-0.2, 0) is 23.9 Å². The summed E-state index contributed by atoms with van der Waals surface area (Å²) >= 11 is 0. The molecule has 0 amide bonds. The molecule has 5 heteroatoms. The molecule has 0 bridgehead atoms. The Morgan fingerprint density at radius 3 is 2.30 bits per heavy atom. The van der Waals surface area contributed by atoms with Crippen molar-refractivity contribution in [2.24, 2.45) is 56.7 Å². The summed E-state index contributed by atoms with van der Waals surface area (Å²) < 4.78 is 10.9. The Kier molecular flexibility index (Phi) is 6.23. The molecular weight excluding hydrogens is 464 g/mol. The summed E-state index contributed by atoms with van der Waals surface area (Å²) in [7, 11) is 3.19. The van der Waals surface area contributed by atoms with Gasteiger partial charge in [0.2, 0.25) is 0 Å². The summed E-state index contributed by atoms with van der Waals surface area (Å²) in [4.78, 5) is 40.5. The highest BCUT2D eigenvalue weighted by atomic mass is 16.5. The highest BCUT2D eigenvalue weighted by Crippen LogP contribution is 2.73. The number of hydrogen-bond acceptors (Lipinski definition) is 5. The first-order valence-corrected chi connectivity index (χ1v) is 14.6. The van der Waals surface area contributed by atoms with Crippen LogP contribution < -0.4 is 0 Å². The second-order valence-electron chi connectivity index (χ2n) is 15.0. The Morgan fingerprint density at radius 1 is 0.946 bits per heavy atom. The SMILES string of the molecule is COC[C@]1(C)C(=O)CC[C@]2(C)C3=CC(=O)[C@@H]4[C@@H]5CC(C)(C)C[C@@H](C(=O)OC)C5CC[C@@]4(C)[C@]3(C)CC[C@@H]12. The zero-order valence-electron chi connectivity index (χ0n) is 24.4. The van der Waals surface area contributed by atoms with Gasteiger partial charge in [-0.25, -0.2) is 0 Å². The topological polar surface area (TPSA) is 69.7 Å². The number of carbonyl (C=O) groups excluding carboxylic acids is 3. The van der Waals surface area contributed by atoms with Gasteiger partial charge < -0.3 is 9.47 Å². The van der Waals surface area contributed by atoms with Crippen LogP contribution in [0.4, 0.5) is 0 Å². The van der Waals surface area contributed by atoms with E-state index in [9.17, 15) is 14.4 Å². The van der Waals surface area contributed by atoms with Gasteiger partial charge in [-0.1, -0.05) is 47.1 Å². The number of rotatable bonds is 3. The fourth-order valence-corrected chi connectivity index (χ4v) is 10.9. The van der Waals surface area contributed by atoms with E-state index in [-0.39, 0.29) is 63.0 Å². The molecule has 0 aliphatic heterocycles. The van der Waals surface area contributed by atoms with Gasteiger partial charge in [-0.2, -0.15) is 0 Å². The lowest BCUT2D eigenvalue weighted by molar-refractivity contribution is -0.177. The van der Waals surface area contributed by atoms with Gasteiger partial charge in [0, 0.05) is 19.4 Å². The smallest absolute Gasteiger partial charge is 0.308 e. The number of hydrogen-bond donors (Lipinski definition) is 0. The molecule has 0 heterocycles. The third-order valence-electron chi connectivity index (χ3n) is 12.7. The average molecular weight is 513 g/mol. The van der Waals surface area contributed by atoms with Crippen molar-refractivity contribution in [2.45, 2.75) is 92.9 Å². The second-order valence-corrected chi connectivity index (χ2v) is 15.0. The Hall–Kier alpha value is -1.49. The van der Waals surface area contributed by atoms with Crippen molar-refractivity contribution in [1.82, 2.24) is 0 Å². The summed E-state index contributed by atoms with van der Waals surface area (Å²) in [6.07, 6.45) is 9.14. The highest BCUT2D eigenvalue weighted by Gasteiger charge is 2.69. The van der Waals surface area contributed by atoms with Crippen molar-refractivity contribution in [3.63, 3.8) is 0 Å². The molecule has 5 aliphatic rings. The Labute approximate surface area is 223 Å². The summed E-state index contributed by atoms with van der Waals surface area (Å²) in [5.41, 5.74) is 0.347. The normalized spacial score (nSPS) is 48.6. The van der Waals surface area contributed by atoms with E-state index in [2.05, 4.69) is 41.5 Å². The van der Waals surface area contributed by atoms with Crippen molar-refractivity contribution in [3.05, 3.63) is 11.6 Å². The van der Waals surface area contributed by atoms with Gasteiger partial charge in [-0.3, -0.25) is 14.4 Å². The first kappa shape index (κ1) is 27.1.